The summed E-state index contributed by atoms with van der Waals surface area (Å²) < 4.78 is 4.12. The molecule has 1 N–H and O–H groups in total. The number of alkyl halides is 1. The summed E-state index contributed by atoms with van der Waals surface area (Å²) in [5.74, 6) is 0. The van der Waals surface area contributed by atoms with Crippen molar-refractivity contribution in [1.82, 2.24) is 1.74 Å². The van der Waals surface area contributed by atoms with Crippen molar-refractivity contribution in [1.29, 1.82) is 0 Å². The van der Waals surface area contributed by atoms with Crippen molar-refractivity contribution in [3.63, 3.8) is 0 Å². The molecule has 0 aromatic heterocycles. The topological polar surface area (TPSA) is 12.0 Å². The van der Waals surface area contributed by atoms with E-state index in [1.807, 2.05) is 0 Å². The molecule has 4 heteroatoms. The van der Waals surface area contributed by atoms with Gasteiger partial charge in [-0.05, 0) is 0 Å². The van der Waals surface area contributed by atoms with Crippen LogP contribution in [-0.4, -0.2) is 7.50 Å². The Bertz CT molecular complexity index is 120. The summed E-state index contributed by atoms with van der Waals surface area (Å²) in [5.41, 5.74) is 0. The quantitative estimate of drug-likeness (QED) is 0.413. The Hall–Kier alpha value is 1.77. The Morgan fingerprint density at radius 3 is 1.91 bits per heavy atom. The number of hydrogen-bond acceptors (Lipinski definition) is 2. The standard InChI is InChI=1S/C7H16I2NS/c1-6(2,3)11-7(4,5)9-10-8/h10H,1-5H3/q-1. The first-order valence-electron chi connectivity index (χ1n) is 3.48. The predicted molar refractivity (Wildman–Crippen MR) is 58.6 cm³/mol. The summed E-state index contributed by atoms with van der Waals surface area (Å²) in [6.45, 7) is 11.5. The molecule has 0 radical (unpaired) electrons. The third-order valence-electron chi connectivity index (χ3n) is 0.812. The molecule has 0 rings (SSSR count). The predicted octanol–water partition coefficient (Wildman–Crippen LogP) is 0.198. The molecule has 11 heavy (non-hydrogen) atoms. The molecule has 0 aromatic rings. The van der Waals surface area contributed by atoms with Gasteiger partial charge in [-0.2, -0.15) is 0 Å². The first-order valence-corrected chi connectivity index (χ1v) is 7.53. The zero-order chi connectivity index (χ0) is 9.12. The Morgan fingerprint density at radius 2 is 1.64 bits per heavy atom. The Kier molecular flexibility index (Phi) is 5.64. The second-order valence-electron chi connectivity index (χ2n) is 3.74. The van der Waals surface area contributed by atoms with Gasteiger partial charge in [-0.1, -0.05) is 0 Å². The second-order valence-corrected chi connectivity index (χ2v) is 13.3. The van der Waals surface area contributed by atoms with Crippen molar-refractivity contribution < 1.29 is 21.5 Å². The van der Waals surface area contributed by atoms with Crippen molar-refractivity contribution in [2.75, 3.05) is 0 Å². The van der Waals surface area contributed by atoms with Gasteiger partial charge in [0.2, 0.25) is 0 Å². The van der Waals surface area contributed by atoms with E-state index in [1.54, 1.807) is 0 Å². The summed E-state index contributed by atoms with van der Waals surface area (Å²) in [6.07, 6.45) is 0. The fraction of sp³-hybridized carbons (Fsp3) is 1.00. The molecule has 1 nitrogen and oxygen atoms in total. The van der Waals surface area contributed by atoms with E-state index >= 15 is 0 Å². The molecule has 70 valence electrons. The molecule has 0 atom stereocenters. The van der Waals surface area contributed by atoms with E-state index in [0.29, 0.717) is 7.50 Å². The average Bonchev–Trinajstić information content (AvgIpc) is 1.55. The minimum absolute atomic E-state index is 0.115. The van der Waals surface area contributed by atoms with Crippen molar-refractivity contribution in [3.05, 3.63) is 0 Å². The molecule has 0 aliphatic carbocycles. The fourth-order valence-electron chi connectivity index (χ4n) is 0.833. The molecule has 0 heterocycles. The Balaban J connectivity index is 3.91. The second kappa shape index (κ2) is 4.85. The van der Waals surface area contributed by atoms with Crippen LogP contribution in [0.15, 0.2) is 0 Å². The molecular weight excluding hydrogens is 384 g/mol. The van der Waals surface area contributed by atoms with Crippen molar-refractivity contribution in [3.8, 4) is 0 Å². The van der Waals surface area contributed by atoms with E-state index in [9.17, 15) is 0 Å². The van der Waals surface area contributed by atoms with Crippen LogP contribution in [0.3, 0.4) is 0 Å². The maximum atomic E-state index is 3.29. The van der Waals surface area contributed by atoms with Crippen LogP contribution < -0.4 is 23.2 Å². The van der Waals surface area contributed by atoms with Gasteiger partial charge in [0.25, 0.3) is 0 Å². The van der Waals surface area contributed by atoms with Crippen LogP contribution in [0.5, 0.6) is 0 Å². The number of nitrogens with one attached hydrogen (secondary N) is 1. The van der Waals surface area contributed by atoms with Gasteiger partial charge >= 0.3 is 100.0 Å². The molecule has 0 aromatic carbocycles. The summed E-state index contributed by atoms with van der Waals surface area (Å²) in [4.78, 5) is 0. The molecule has 0 unspecified atom stereocenters. The fourth-order valence-corrected chi connectivity index (χ4v) is 9.74. The van der Waals surface area contributed by atoms with Gasteiger partial charge < -0.3 is 0 Å². The molecule has 0 aliphatic heterocycles. The molecule has 0 fully saturated rings. The summed E-state index contributed by atoms with van der Waals surface area (Å²) in [5, 5.41) is 0. The minimum atomic E-state index is 0.115. The van der Waals surface area contributed by atoms with E-state index in [2.05, 4.69) is 71.0 Å². The molecule has 0 saturated heterocycles. The zero-order valence-electron chi connectivity index (χ0n) is 7.66. The van der Waals surface area contributed by atoms with E-state index < -0.39 is 0 Å². The Labute approximate surface area is 99.0 Å². The van der Waals surface area contributed by atoms with Gasteiger partial charge in [0.05, 0.1) is 0 Å². The van der Waals surface area contributed by atoms with Gasteiger partial charge in [-0.3, -0.25) is 0 Å². The number of hydrogen-bond donors (Lipinski definition) is 1. The molecule has 0 aliphatic rings. The van der Waals surface area contributed by atoms with Crippen LogP contribution in [0.25, 0.3) is 0 Å². The van der Waals surface area contributed by atoms with Gasteiger partial charge in [-0.15, -0.1) is 0 Å². The van der Waals surface area contributed by atoms with Gasteiger partial charge in [0.1, 0.15) is 0 Å². The van der Waals surface area contributed by atoms with Crippen LogP contribution in [0.4, 0.5) is 0 Å². The first kappa shape index (κ1) is 12.8. The maximum absolute atomic E-state index is 3.29. The van der Waals surface area contributed by atoms with E-state index in [0.717, 1.165) is 0 Å². The average molecular weight is 400 g/mol. The number of rotatable bonds is 3. The van der Waals surface area contributed by atoms with Crippen LogP contribution in [0, 0.1) is 0 Å². The van der Waals surface area contributed by atoms with Crippen molar-refractivity contribution in [2.24, 2.45) is 0 Å². The number of thioether (sulfide) groups is 1. The van der Waals surface area contributed by atoms with E-state index in [4.69, 9.17) is 0 Å². The van der Waals surface area contributed by atoms with Crippen LogP contribution >= 0.6 is 34.6 Å². The Morgan fingerprint density at radius 1 is 1.18 bits per heavy atom. The molecule has 0 spiro atoms. The van der Waals surface area contributed by atoms with Gasteiger partial charge in [0, 0.05) is 0 Å². The first-order chi connectivity index (χ1) is 4.77. The van der Waals surface area contributed by atoms with Crippen LogP contribution in [0.1, 0.15) is 34.6 Å². The molecule has 0 saturated carbocycles. The van der Waals surface area contributed by atoms with Crippen LogP contribution in [0.2, 0.25) is 0 Å². The zero-order valence-corrected chi connectivity index (χ0v) is 12.8. The molecule has 0 bridgehead atoms. The third kappa shape index (κ3) is 8.11. The van der Waals surface area contributed by atoms with Crippen molar-refractivity contribution in [2.45, 2.75) is 42.1 Å². The summed E-state index contributed by atoms with van der Waals surface area (Å²) >= 11 is 4.43. The van der Waals surface area contributed by atoms with E-state index in [1.165, 1.54) is 0 Å². The van der Waals surface area contributed by atoms with Crippen molar-refractivity contribution >= 4 is 34.6 Å². The third-order valence-corrected chi connectivity index (χ3v) is 5.96. The molecular formula is C7H16I2NS-. The SMILES string of the molecule is CC(C)(C)SC(C)(C)[I-]NI. The number of halogens is 2. The summed E-state index contributed by atoms with van der Waals surface area (Å²) in [7, 11) is 0. The van der Waals surface area contributed by atoms with Gasteiger partial charge in [0.15, 0.2) is 0 Å². The normalized spacial score (nSPS) is 14.0. The van der Waals surface area contributed by atoms with Crippen LogP contribution in [-0.2, 0) is 0 Å². The monoisotopic (exact) mass is 400 g/mol. The van der Waals surface area contributed by atoms with Gasteiger partial charge in [-0.25, -0.2) is 0 Å². The summed E-state index contributed by atoms with van der Waals surface area (Å²) in [6, 6.07) is 0. The van der Waals surface area contributed by atoms with E-state index in [-0.39, 0.29) is 21.5 Å². The molecule has 0 amide bonds.